The molecule has 162 valence electrons. The number of nitrogens with zero attached hydrogens (tertiary/aromatic N) is 4. The molecule has 2 aliphatic heterocycles. The molecule has 8 nitrogen and oxygen atoms in total. The Kier molecular flexibility index (Phi) is 8.57. The Labute approximate surface area is 177 Å². The maximum Gasteiger partial charge on any atom is 0.409 e. The summed E-state index contributed by atoms with van der Waals surface area (Å²) in [5, 5.41) is 5.56. The SMILES string of the molecule is CCNC(=NCC(c1cccs1)N1CCOCC1)N1CCN(C(=O)OCC)CC1. The van der Waals surface area contributed by atoms with Crippen molar-refractivity contribution in [1.82, 2.24) is 20.0 Å². The quantitative estimate of drug-likeness (QED) is 0.556. The Morgan fingerprint density at radius 1 is 1.21 bits per heavy atom. The molecule has 2 fully saturated rings. The zero-order chi connectivity index (χ0) is 20.5. The molecule has 0 radical (unpaired) electrons. The van der Waals surface area contributed by atoms with Gasteiger partial charge in [0.15, 0.2) is 5.96 Å². The predicted octanol–water partition coefficient (Wildman–Crippen LogP) is 1.86. The lowest BCUT2D eigenvalue weighted by molar-refractivity contribution is 0.0186. The molecule has 1 N–H and O–H groups in total. The molecule has 2 saturated heterocycles. The fourth-order valence-corrected chi connectivity index (χ4v) is 4.52. The Morgan fingerprint density at radius 3 is 2.55 bits per heavy atom. The first-order valence-electron chi connectivity index (χ1n) is 10.5. The Morgan fingerprint density at radius 2 is 1.93 bits per heavy atom. The van der Waals surface area contributed by atoms with Crippen molar-refractivity contribution in [1.29, 1.82) is 0 Å². The summed E-state index contributed by atoms with van der Waals surface area (Å²) in [7, 11) is 0. The standard InChI is InChI=1S/C20H33N5O3S/c1-3-21-19(24-7-9-25(10-8-24)20(26)28-4-2)22-16-17(18-6-5-15-29-18)23-11-13-27-14-12-23/h5-6,15,17H,3-4,7-14,16H2,1-2H3,(H,21,22). The van der Waals surface area contributed by atoms with Gasteiger partial charge >= 0.3 is 6.09 Å². The van der Waals surface area contributed by atoms with Gasteiger partial charge in [0, 0.05) is 50.7 Å². The number of guanidine groups is 1. The Balaban J connectivity index is 1.65. The summed E-state index contributed by atoms with van der Waals surface area (Å²) in [5.41, 5.74) is 0. The normalized spacial score (nSPS) is 19.9. The lowest BCUT2D eigenvalue weighted by Gasteiger charge is -2.36. The van der Waals surface area contributed by atoms with E-state index in [0.29, 0.717) is 26.2 Å². The van der Waals surface area contributed by atoms with Gasteiger partial charge in [-0.05, 0) is 25.3 Å². The second-order valence-corrected chi connectivity index (χ2v) is 8.03. The largest absolute Gasteiger partial charge is 0.450 e. The van der Waals surface area contributed by atoms with Crippen LogP contribution in [0.15, 0.2) is 22.5 Å². The van der Waals surface area contributed by atoms with E-state index in [1.165, 1.54) is 4.88 Å². The van der Waals surface area contributed by atoms with Crippen molar-refractivity contribution in [3.63, 3.8) is 0 Å². The monoisotopic (exact) mass is 423 g/mol. The van der Waals surface area contributed by atoms with E-state index >= 15 is 0 Å². The minimum absolute atomic E-state index is 0.223. The van der Waals surface area contributed by atoms with Gasteiger partial charge in [-0.3, -0.25) is 9.89 Å². The molecule has 1 aromatic heterocycles. The predicted molar refractivity (Wildman–Crippen MR) is 116 cm³/mol. The van der Waals surface area contributed by atoms with E-state index < -0.39 is 0 Å². The fourth-order valence-electron chi connectivity index (χ4n) is 3.67. The molecular formula is C20H33N5O3S. The molecule has 0 aliphatic carbocycles. The number of hydrogen-bond donors (Lipinski definition) is 1. The number of aliphatic imine (C=N–C) groups is 1. The average Bonchev–Trinajstić information content (AvgIpc) is 3.29. The molecule has 3 heterocycles. The average molecular weight is 424 g/mol. The van der Waals surface area contributed by atoms with Gasteiger partial charge in [-0.15, -0.1) is 11.3 Å². The topological polar surface area (TPSA) is 69.6 Å². The van der Waals surface area contributed by atoms with Crippen LogP contribution in [0.1, 0.15) is 24.8 Å². The van der Waals surface area contributed by atoms with Crippen LogP contribution in [0.3, 0.4) is 0 Å². The number of hydrogen-bond acceptors (Lipinski definition) is 6. The van der Waals surface area contributed by atoms with Gasteiger partial charge in [0.25, 0.3) is 0 Å². The minimum Gasteiger partial charge on any atom is -0.450 e. The lowest BCUT2D eigenvalue weighted by Crippen LogP contribution is -2.54. The van der Waals surface area contributed by atoms with Gasteiger partial charge in [-0.25, -0.2) is 4.79 Å². The molecule has 1 aromatic rings. The van der Waals surface area contributed by atoms with Crippen molar-refractivity contribution < 1.29 is 14.3 Å². The molecule has 29 heavy (non-hydrogen) atoms. The van der Waals surface area contributed by atoms with Crippen molar-refractivity contribution in [3.8, 4) is 0 Å². The summed E-state index contributed by atoms with van der Waals surface area (Å²) in [6.45, 7) is 12.1. The number of carbonyl (C=O) groups is 1. The molecule has 1 unspecified atom stereocenters. The second-order valence-electron chi connectivity index (χ2n) is 7.05. The van der Waals surface area contributed by atoms with E-state index in [0.717, 1.165) is 51.9 Å². The van der Waals surface area contributed by atoms with Crippen molar-refractivity contribution in [3.05, 3.63) is 22.4 Å². The molecule has 0 saturated carbocycles. The van der Waals surface area contributed by atoms with Gasteiger partial charge in [0.1, 0.15) is 0 Å². The van der Waals surface area contributed by atoms with Gasteiger partial charge in [-0.1, -0.05) is 6.07 Å². The molecule has 1 atom stereocenters. The van der Waals surface area contributed by atoms with Crippen LogP contribution in [0, 0.1) is 0 Å². The molecule has 0 spiro atoms. The van der Waals surface area contributed by atoms with Gasteiger partial charge < -0.3 is 24.6 Å². The van der Waals surface area contributed by atoms with E-state index in [1.54, 1.807) is 16.2 Å². The third-order valence-corrected chi connectivity index (χ3v) is 6.19. The summed E-state index contributed by atoms with van der Waals surface area (Å²) in [6, 6.07) is 4.58. The van der Waals surface area contributed by atoms with E-state index in [4.69, 9.17) is 14.5 Å². The van der Waals surface area contributed by atoms with E-state index in [9.17, 15) is 4.79 Å². The number of morpholine rings is 1. The molecule has 2 aliphatic rings. The highest BCUT2D eigenvalue weighted by atomic mass is 32.1. The van der Waals surface area contributed by atoms with Gasteiger partial charge in [0.05, 0.1) is 32.4 Å². The molecule has 1 amide bonds. The zero-order valence-electron chi connectivity index (χ0n) is 17.5. The molecule has 0 bridgehead atoms. The maximum absolute atomic E-state index is 11.9. The fraction of sp³-hybridized carbons (Fsp3) is 0.700. The number of thiophene rings is 1. The second kappa shape index (κ2) is 11.4. The Bertz CT molecular complexity index is 641. The smallest absolute Gasteiger partial charge is 0.409 e. The summed E-state index contributed by atoms with van der Waals surface area (Å²) in [6.07, 6.45) is -0.223. The van der Waals surface area contributed by atoms with Crippen LogP contribution in [0.2, 0.25) is 0 Å². The van der Waals surface area contributed by atoms with Crippen LogP contribution in [0.25, 0.3) is 0 Å². The first-order valence-corrected chi connectivity index (χ1v) is 11.4. The van der Waals surface area contributed by atoms with Crippen LogP contribution in [-0.4, -0.2) is 98.9 Å². The molecule has 0 aromatic carbocycles. The highest BCUT2D eigenvalue weighted by Gasteiger charge is 2.26. The summed E-state index contributed by atoms with van der Waals surface area (Å²) in [4.78, 5) is 24.8. The summed E-state index contributed by atoms with van der Waals surface area (Å²) >= 11 is 1.79. The van der Waals surface area contributed by atoms with Crippen molar-refractivity contribution in [2.45, 2.75) is 19.9 Å². The van der Waals surface area contributed by atoms with Crippen LogP contribution in [0.4, 0.5) is 4.79 Å². The molecular weight excluding hydrogens is 390 g/mol. The summed E-state index contributed by atoms with van der Waals surface area (Å²) < 4.78 is 10.7. The highest BCUT2D eigenvalue weighted by Crippen LogP contribution is 2.26. The van der Waals surface area contributed by atoms with Crippen molar-refractivity contribution in [2.75, 3.05) is 72.2 Å². The highest BCUT2D eigenvalue weighted by molar-refractivity contribution is 7.10. The number of carbonyl (C=O) groups excluding carboxylic acids is 1. The molecule has 3 rings (SSSR count). The first-order chi connectivity index (χ1) is 14.2. The number of piperazine rings is 1. The summed E-state index contributed by atoms with van der Waals surface area (Å²) in [5.74, 6) is 0.922. The number of nitrogens with one attached hydrogen (secondary N) is 1. The first kappa shape index (κ1) is 21.9. The number of ether oxygens (including phenoxy) is 2. The van der Waals surface area contributed by atoms with Crippen molar-refractivity contribution in [2.24, 2.45) is 4.99 Å². The van der Waals surface area contributed by atoms with Gasteiger partial charge in [-0.2, -0.15) is 0 Å². The van der Waals surface area contributed by atoms with Crippen LogP contribution in [0.5, 0.6) is 0 Å². The third-order valence-electron chi connectivity index (χ3n) is 5.21. The van der Waals surface area contributed by atoms with Crippen LogP contribution in [-0.2, 0) is 9.47 Å². The molecule has 9 heteroatoms. The van der Waals surface area contributed by atoms with Crippen molar-refractivity contribution >= 4 is 23.4 Å². The Hall–Kier alpha value is -1.84. The maximum atomic E-state index is 11.9. The lowest BCUT2D eigenvalue weighted by atomic mass is 10.2. The number of rotatable bonds is 6. The zero-order valence-corrected chi connectivity index (χ0v) is 18.3. The van der Waals surface area contributed by atoms with Crippen LogP contribution >= 0.6 is 11.3 Å². The van der Waals surface area contributed by atoms with E-state index in [1.807, 2.05) is 6.92 Å². The van der Waals surface area contributed by atoms with Crippen LogP contribution < -0.4 is 5.32 Å². The van der Waals surface area contributed by atoms with E-state index in [-0.39, 0.29) is 12.1 Å². The van der Waals surface area contributed by atoms with E-state index in [2.05, 4.69) is 39.6 Å². The third kappa shape index (κ3) is 6.07. The minimum atomic E-state index is -0.223. The van der Waals surface area contributed by atoms with Gasteiger partial charge in [0.2, 0.25) is 0 Å². The number of amides is 1.